The van der Waals surface area contributed by atoms with Gasteiger partial charge >= 0.3 is 0 Å². The van der Waals surface area contributed by atoms with Crippen LogP contribution in [0, 0.1) is 11.3 Å². The average molecular weight is 202 g/mol. The number of anilines is 1. The molecule has 0 unspecified atom stereocenters. The zero-order chi connectivity index (χ0) is 10.7. The Balaban J connectivity index is 2.33. The maximum atomic E-state index is 8.99. The Morgan fingerprint density at radius 1 is 1.67 bits per heavy atom. The van der Waals surface area contributed by atoms with Gasteiger partial charge in [0.25, 0.3) is 0 Å². The molecule has 1 fully saturated rings. The van der Waals surface area contributed by atoms with Gasteiger partial charge in [-0.05, 0) is 25.0 Å². The lowest BCUT2D eigenvalue weighted by molar-refractivity contribution is 0.671. The molecule has 15 heavy (non-hydrogen) atoms. The topological polar surface area (TPSA) is 65.9 Å². The highest BCUT2D eigenvalue weighted by atomic mass is 15.2. The van der Waals surface area contributed by atoms with Gasteiger partial charge in [-0.15, -0.1) is 0 Å². The molecule has 0 spiro atoms. The molecule has 1 aromatic heterocycles. The molecule has 1 aliphatic heterocycles. The van der Waals surface area contributed by atoms with Gasteiger partial charge in [0.1, 0.15) is 11.9 Å². The molecule has 2 N–H and O–H groups in total. The molecule has 78 valence electrons. The Labute approximate surface area is 89.3 Å². The van der Waals surface area contributed by atoms with Crippen molar-refractivity contribution < 1.29 is 0 Å². The standard InChI is InChI=1S/C11H14N4/c12-7-9-3-1-5-14-11(9)15-6-2-4-10(15)8-13/h1,3,5,10H,2,4,6,8,13H2/t10-/m0/s1. The summed E-state index contributed by atoms with van der Waals surface area (Å²) in [5.74, 6) is 0.785. The third kappa shape index (κ3) is 1.79. The van der Waals surface area contributed by atoms with Crippen LogP contribution in [0.15, 0.2) is 18.3 Å². The van der Waals surface area contributed by atoms with Gasteiger partial charge in [-0.3, -0.25) is 0 Å². The van der Waals surface area contributed by atoms with E-state index in [1.54, 1.807) is 18.3 Å². The second-order valence-electron chi connectivity index (χ2n) is 3.71. The lowest BCUT2D eigenvalue weighted by Gasteiger charge is -2.25. The SMILES string of the molecule is N#Cc1cccnc1N1CCC[C@H]1CN. The van der Waals surface area contributed by atoms with Crippen LogP contribution in [0.1, 0.15) is 18.4 Å². The van der Waals surface area contributed by atoms with E-state index < -0.39 is 0 Å². The van der Waals surface area contributed by atoms with Gasteiger partial charge in [0, 0.05) is 25.3 Å². The van der Waals surface area contributed by atoms with Crippen LogP contribution in [0.5, 0.6) is 0 Å². The molecule has 2 heterocycles. The Bertz CT molecular complexity index is 382. The molecule has 4 heteroatoms. The normalized spacial score (nSPS) is 20.3. The average Bonchev–Trinajstić information content (AvgIpc) is 2.76. The van der Waals surface area contributed by atoms with E-state index in [0.717, 1.165) is 25.2 Å². The van der Waals surface area contributed by atoms with Crippen LogP contribution in [-0.4, -0.2) is 24.1 Å². The third-order valence-electron chi connectivity index (χ3n) is 2.83. The van der Waals surface area contributed by atoms with Crippen LogP contribution in [0.3, 0.4) is 0 Å². The number of pyridine rings is 1. The van der Waals surface area contributed by atoms with Crippen molar-refractivity contribution in [3.05, 3.63) is 23.9 Å². The number of hydrogen-bond donors (Lipinski definition) is 1. The number of aromatic nitrogens is 1. The molecule has 0 bridgehead atoms. The van der Waals surface area contributed by atoms with E-state index in [2.05, 4.69) is 16.0 Å². The van der Waals surface area contributed by atoms with Gasteiger partial charge in [-0.2, -0.15) is 5.26 Å². The molecule has 1 aromatic rings. The van der Waals surface area contributed by atoms with Gasteiger partial charge in [-0.25, -0.2) is 4.98 Å². The number of hydrogen-bond acceptors (Lipinski definition) is 4. The third-order valence-corrected chi connectivity index (χ3v) is 2.83. The molecule has 0 aliphatic carbocycles. The van der Waals surface area contributed by atoms with E-state index in [1.807, 2.05) is 0 Å². The van der Waals surface area contributed by atoms with Gasteiger partial charge in [0.15, 0.2) is 0 Å². The molecule has 1 saturated heterocycles. The summed E-state index contributed by atoms with van der Waals surface area (Å²) >= 11 is 0. The zero-order valence-electron chi connectivity index (χ0n) is 8.56. The van der Waals surface area contributed by atoms with Gasteiger partial charge in [0.2, 0.25) is 0 Å². The molecule has 1 aliphatic rings. The van der Waals surface area contributed by atoms with Crippen molar-refractivity contribution in [3.8, 4) is 6.07 Å². The summed E-state index contributed by atoms with van der Waals surface area (Å²) in [6, 6.07) is 6.10. The fourth-order valence-electron chi connectivity index (χ4n) is 2.07. The maximum Gasteiger partial charge on any atom is 0.146 e. The van der Waals surface area contributed by atoms with Crippen molar-refractivity contribution in [3.63, 3.8) is 0 Å². The highest BCUT2D eigenvalue weighted by Crippen LogP contribution is 2.25. The monoisotopic (exact) mass is 202 g/mol. The minimum atomic E-state index is 0.340. The maximum absolute atomic E-state index is 8.99. The minimum Gasteiger partial charge on any atom is -0.351 e. The van der Waals surface area contributed by atoms with Crippen molar-refractivity contribution in [2.75, 3.05) is 18.0 Å². The first-order chi connectivity index (χ1) is 7.36. The second-order valence-corrected chi connectivity index (χ2v) is 3.71. The van der Waals surface area contributed by atoms with Crippen molar-refractivity contribution >= 4 is 5.82 Å². The minimum absolute atomic E-state index is 0.340. The quantitative estimate of drug-likeness (QED) is 0.773. The lowest BCUT2D eigenvalue weighted by atomic mass is 10.2. The highest BCUT2D eigenvalue weighted by molar-refractivity contribution is 5.54. The Kier molecular flexibility index (Phi) is 2.84. The summed E-state index contributed by atoms with van der Waals surface area (Å²) < 4.78 is 0. The molecular weight excluding hydrogens is 188 g/mol. The first kappa shape index (κ1) is 9.94. The van der Waals surface area contributed by atoms with Crippen LogP contribution >= 0.6 is 0 Å². The summed E-state index contributed by atoms with van der Waals surface area (Å²) in [5.41, 5.74) is 6.34. The smallest absolute Gasteiger partial charge is 0.146 e. The Morgan fingerprint density at radius 3 is 3.27 bits per heavy atom. The van der Waals surface area contributed by atoms with Gasteiger partial charge in [-0.1, -0.05) is 0 Å². The van der Waals surface area contributed by atoms with E-state index in [-0.39, 0.29) is 0 Å². The van der Waals surface area contributed by atoms with Crippen molar-refractivity contribution in [1.29, 1.82) is 5.26 Å². The second kappa shape index (κ2) is 4.28. The first-order valence-electron chi connectivity index (χ1n) is 5.18. The summed E-state index contributed by atoms with van der Waals surface area (Å²) in [6.45, 7) is 1.58. The Morgan fingerprint density at radius 2 is 2.53 bits per heavy atom. The van der Waals surface area contributed by atoms with E-state index in [1.165, 1.54) is 0 Å². The van der Waals surface area contributed by atoms with E-state index in [0.29, 0.717) is 18.2 Å². The Hall–Kier alpha value is -1.60. The van der Waals surface area contributed by atoms with E-state index >= 15 is 0 Å². The summed E-state index contributed by atoms with van der Waals surface area (Å²) in [7, 11) is 0. The molecular formula is C11H14N4. The van der Waals surface area contributed by atoms with Crippen molar-refractivity contribution in [2.45, 2.75) is 18.9 Å². The van der Waals surface area contributed by atoms with Crippen LogP contribution < -0.4 is 10.6 Å². The van der Waals surface area contributed by atoms with Crippen molar-refractivity contribution in [1.82, 2.24) is 4.98 Å². The van der Waals surface area contributed by atoms with Crippen LogP contribution in [0.4, 0.5) is 5.82 Å². The number of nitriles is 1. The summed E-state index contributed by atoms with van der Waals surface area (Å²) in [4.78, 5) is 6.43. The number of nitrogens with two attached hydrogens (primary N) is 1. The molecule has 0 radical (unpaired) electrons. The molecule has 2 rings (SSSR count). The van der Waals surface area contributed by atoms with Crippen LogP contribution in [0.2, 0.25) is 0 Å². The molecule has 0 saturated carbocycles. The lowest BCUT2D eigenvalue weighted by Crippen LogP contribution is -2.36. The summed E-state index contributed by atoms with van der Waals surface area (Å²) in [6.07, 6.45) is 3.95. The van der Waals surface area contributed by atoms with E-state index in [9.17, 15) is 0 Å². The molecule has 1 atom stereocenters. The van der Waals surface area contributed by atoms with Crippen molar-refractivity contribution in [2.24, 2.45) is 5.73 Å². The van der Waals surface area contributed by atoms with Crippen LogP contribution in [0.25, 0.3) is 0 Å². The predicted octanol–water partition coefficient (Wildman–Crippen LogP) is 0.881. The first-order valence-corrected chi connectivity index (χ1v) is 5.18. The predicted molar refractivity (Wildman–Crippen MR) is 58.4 cm³/mol. The summed E-state index contributed by atoms with van der Waals surface area (Å²) in [5, 5.41) is 8.99. The van der Waals surface area contributed by atoms with E-state index in [4.69, 9.17) is 11.0 Å². The van der Waals surface area contributed by atoms with Gasteiger partial charge < -0.3 is 10.6 Å². The number of rotatable bonds is 2. The fourth-order valence-corrected chi connectivity index (χ4v) is 2.07. The highest BCUT2D eigenvalue weighted by Gasteiger charge is 2.25. The fraction of sp³-hybridized carbons (Fsp3) is 0.455. The van der Waals surface area contributed by atoms with Gasteiger partial charge in [0.05, 0.1) is 5.56 Å². The molecule has 0 aromatic carbocycles. The largest absolute Gasteiger partial charge is 0.351 e. The molecule has 4 nitrogen and oxygen atoms in total. The number of nitrogens with zero attached hydrogens (tertiary/aromatic N) is 3. The molecule has 0 amide bonds. The van der Waals surface area contributed by atoms with Crippen LogP contribution in [-0.2, 0) is 0 Å². The zero-order valence-corrected chi connectivity index (χ0v) is 8.56.